The largest absolute Gasteiger partial charge is 0.207 e. The summed E-state index contributed by atoms with van der Waals surface area (Å²) in [6.07, 6.45) is 0. The monoisotopic (exact) mass is 314 g/mol. The predicted molar refractivity (Wildman–Crippen MR) is 68.3 cm³/mol. The molecular weight excluding hydrogens is 305 g/mol. The molecule has 0 bridgehead atoms. The van der Waals surface area contributed by atoms with Gasteiger partial charge in [0.1, 0.15) is 17.5 Å². The second-order valence-corrected chi connectivity index (χ2v) is 4.94. The van der Waals surface area contributed by atoms with Crippen molar-refractivity contribution in [2.45, 2.75) is 11.8 Å². The Morgan fingerprint density at radius 2 is 1.50 bits per heavy atom. The Hall–Kier alpha value is -1.29. The number of rotatable bonds is 2. The van der Waals surface area contributed by atoms with Crippen molar-refractivity contribution in [2.24, 2.45) is 0 Å². The lowest BCUT2D eigenvalue weighted by Crippen LogP contribution is -2.00. The first kappa shape index (κ1) is 13.1. The number of alkyl halides is 1. The van der Waals surface area contributed by atoms with Crippen molar-refractivity contribution in [2.75, 3.05) is 0 Å². The van der Waals surface area contributed by atoms with E-state index in [0.717, 1.165) is 18.2 Å². The minimum Gasteiger partial charge on any atom is -0.207 e. The Kier molecular flexibility index (Phi) is 3.76. The van der Waals surface area contributed by atoms with Crippen molar-refractivity contribution in [1.82, 2.24) is 0 Å². The van der Waals surface area contributed by atoms with E-state index in [1.54, 1.807) is 13.0 Å². The van der Waals surface area contributed by atoms with Gasteiger partial charge in [0.2, 0.25) is 0 Å². The van der Waals surface area contributed by atoms with Crippen molar-refractivity contribution < 1.29 is 13.2 Å². The highest BCUT2D eigenvalue weighted by Crippen LogP contribution is 2.34. The van der Waals surface area contributed by atoms with Gasteiger partial charge in [0.15, 0.2) is 0 Å². The second-order valence-electron chi connectivity index (χ2n) is 4.03. The molecule has 2 rings (SSSR count). The summed E-state index contributed by atoms with van der Waals surface area (Å²) >= 11 is 3.33. The van der Waals surface area contributed by atoms with Gasteiger partial charge in [-0.25, -0.2) is 13.2 Å². The molecule has 0 aromatic heterocycles. The molecule has 0 N–H and O–H groups in total. The Morgan fingerprint density at radius 1 is 0.889 bits per heavy atom. The number of halogens is 4. The van der Waals surface area contributed by atoms with E-state index in [1.807, 2.05) is 0 Å². The molecule has 0 fully saturated rings. The molecule has 0 nitrogen and oxygen atoms in total. The molecule has 0 radical (unpaired) electrons. The Bertz CT molecular complexity index is 581. The van der Waals surface area contributed by atoms with Crippen LogP contribution in [0.1, 0.15) is 21.5 Å². The molecule has 0 amide bonds. The van der Waals surface area contributed by atoms with Gasteiger partial charge in [0, 0.05) is 5.56 Å². The highest BCUT2D eigenvalue weighted by atomic mass is 79.9. The SMILES string of the molecule is Cc1cc(F)ccc1C(Br)c1cc(F)ccc1F. The lowest BCUT2D eigenvalue weighted by molar-refractivity contribution is 0.588. The molecule has 0 aliphatic heterocycles. The lowest BCUT2D eigenvalue weighted by atomic mass is 10.00. The van der Waals surface area contributed by atoms with Crippen LogP contribution in [0, 0.1) is 24.4 Å². The Labute approximate surface area is 112 Å². The van der Waals surface area contributed by atoms with E-state index in [2.05, 4.69) is 15.9 Å². The fourth-order valence-corrected chi connectivity index (χ4v) is 2.66. The summed E-state index contributed by atoms with van der Waals surface area (Å²) in [5.74, 6) is -1.35. The summed E-state index contributed by atoms with van der Waals surface area (Å²) in [6, 6.07) is 7.51. The summed E-state index contributed by atoms with van der Waals surface area (Å²) in [7, 11) is 0. The van der Waals surface area contributed by atoms with Gasteiger partial charge < -0.3 is 0 Å². The highest BCUT2D eigenvalue weighted by Gasteiger charge is 2.17. The van der Waals surface area contributed by atoms with E-state index in [4.69, 9.17) is 0 Å². The quantitative estimate of drug-likeness (QED) is 0.692. The molecular formula is C14H10BrF3. The van der Waals surface area contributed by atoms with Crippen LogP contribution in [-0.2, 0) is 0 Å². The predicted octanol–water partition coefficient (Wildman–Crippen LogP) is 4.90. The maximum Gasteiger partial charge on any atom is 0.128 e. The molecule has 0 spiro atoms. The summed E-state index contributed by atoms with van der Waals surface area (Å²) in [5.41, 5.74) is 1.59. The van der Waals surface area contributed by atoms with Gasteiger partial charge in [0.05, 0.1) is 4.83 Å². The first-order valence-corrected chi connectivity index (χ1v) is 6.25. The van der Waals surface area contributed by atoms with Gasteiger partial charge >= 0.3 is 0 Å². The van der Waals surface area contributed by atoms with Crippen LogP contribution in [0.5, 0.6) is 0 Å². The zero-order valence-corrected chi connectivity index (χ0v) is 11.1. The molecule has 4 heteroatoms. The third-order valence-electron chi connectivity index (χ3n) is 2.74. The zero-order chi connectivity index (χ0) is 13.3. The first-order valence-electron chi connectivity index (χ1n) is 5.34. The molecule has 1 unspecified atom stereocenters. The molecule has 94 valence electrons. The van der Waals surface area contributed by atoms with Gasteiger partial charge in [-0.15, -0.1) is 0 Å². The molecule has 1 atom stereocenters. The summed E-state index contributed by atoms with van der Waals surface area (Å²) in [6.45, 7) is 1.73. The van der Waals surface area contributed by atoms with Crippen LogP contribution in [0.25, 0.3) is 0 Å². The Balaban J connectivity index is 2.47. The van der Waals surface area contributed by atoms with E-state index in [9.17, 15) is 13.2 Å². The van der Waals surface area contributed by atoms with E-state index in [1.165, 1.54) is 12.1 Å². The van der Waals surface area contributed by atoms with Crippen LogP contribution in [-0.4, -0.2) is 0 Å². The van der Waals surface area contributed by atoms with E-state index < -0.39 is 16.5 Å². The van der Waals surface area contributed by atoms with E-state index in [0.29, 0.717) is 11.1 Å². The number of hydrogen-bond donors (Lipinski definition) is 0. The summed E-state index contributed by atoms with van der Waals surface area (Å²) in [4.78, 5) is -0.506. The smallest absolute Gasteiger partial charge is 0.128 e. The van der Waals surface area contributed by atoms with Crippen LogP contribution in [0.2, 0.25) is 0 Å². The molecule has 18 heavy (non-hydrogen) atoms. The molecule has 0 saturated heterocycles. The van der Waals surface area contributed by atoms with Crippen molar-refractivity contribution in [1.29, 1.82) is 0 Å². The van der Waals surface area contributed by atoms with E-state index >= 15 is 0 Å². The molecule has 0 aliphatic rings. The topological polar surface area (TPSA) is 0 Å². The summed E-state index contributed by atoms with van der Waals surface area (Å²) in [5, 5.41) is 0. The van der Waals surface area contributed by atoms with Gasteiger partial charge in [-0.1, -0.05) is 22.0 Å². The average molecular weight is 315 g/mol. The van der Waals surface area contributed by atoms with Gasteiger partial charge in [-0.05, 0) is 48.4 Å². The van der Waals surface area contributed by atoms with Gasteiger partial charge in [0.25, 0.3) is 0 Å². The Morgan fingerprint density at radius 3 is 2.17 bits per heavy atom. The van der Waals surface area contributed by atoms with Crippen LogP contribution in [0.4, 0.5) is 13.2 Å². The number of aryl methyl sites for hydroxylation is 1. The third-order valence-corrected chi connectivity index (χ3v) is 3.72. The normalized spacial score (nSPS) is 12.5. The zero-order valence-electron chi connectivity index (χ0n) is 9.55. The first-order chi connectivity index (χ1) is 8.49. The van der Waals surface area contributed by atoms with Crippen molar-refractivity contribution in [3.63, 3.8) is 0 Å². The third kappa shape index (κ3) is 2.58. The highest BCUT2D eigenvalue weighted by molar-refractivity contribution is 9.09. The molecule has 2 aromatic rings. The van der Waals surface area contributed by atoms with Crippen molar-refractivity contribution >= 4 is 15.9 Å². The number of hydrogen-bond acceptors (Lipinski definition) is 0. The van der Waals surface area contributed by atoms with E-state index in [-0.39, 0.29) is 11.4 Å². The average Bonchev–Trinajstić information content (AvgIpc) is 2.31. The van der Waals surface area contributed by atoms with Crippen LogP contribution in [0.15, 0.2) is 36.4 Å². The maximum atomic E-state index is 13.6. The standard InChI is InChI=1S/C14H10BrF3/c1-8-6-9(16)2-4-11(8)14(15)12-7-10(17)3-5-13(12)18/h2-7,14H,1H3. The fourth-order valence-electron chi connectivity index (χ4n) is 1.80. The van der Waals surface area contributed by atoms with Crippen LogP contribution in [0.3, 0.4) is 0 Å². The van der Waals surface area contributed by atoms with Crippen LogP contribution < -0.4 is 0 Å². The van der Waals surface area contributed by atoms with Crippen molar-refractivity contribution in [3.8, 4) is 0 Å². The minimum absolute atomic E-state index is 0.199. The number of benzene rings is 2. The molecule has 0 saturated carbocycles. The van der Waals surface area contributed by atoms with Crippen molar-refractivity contribution in [3.05, 3.63) is 70.5 Å². The van der Waals surface area contributed by atoms with Gasteiger partial charge in [-0.2, -0.15) is 0 Å². The molecule has 0 heterocycles. The lowest BCUT2D eigenvalue weighted by Gasteiger charge is -2.14. The summed E-state index contributed by atoms with van der Waals surface area (Å²) < 4.78 is 39.8. The minimum atomic E-state index is -0.506. The maximum absolute atomic E-state index is 13.6. The molecule has 0 aliphatic carbocycles. The van der Waals surface area contributed by atoms with Crippen LogP contribution >= 0.6 is 15.9 Å². The molecule has 2 aromatic carbocycles. The fraction of sp³-hybridized carbons (Fsp3) is 0.143. The second kappa shape index (κ2) is 5.14. The van der Waals surface area contributed by atoms with Gasteiger partial charge in [-0.3, -0.25) is 0 Å².